The van der Waals surface area contributed by atoms with E-state index in [0.29, 0.717) is 23.6 Å². The van der Waals surface area contributed by atoms with Crippen molar-refractivity contribution < 1.29 is 9.59 Å². The Labute approximate surface area is 161 Å². The third-order valence-electron chi connectivity index (χ3n) is 4.78. The Morgan fingerprint density at radius 3 is 2.59 bits per heavy atom. The highest BCUT2D eigenvalue weighted by atomic mass is 16.2. The minimum absolute atomic E-state index is 0.00733. The number of unbranched alkanes of at least 4 members (excludes halogenated alkanes) is 1. The second kappa shape index (κ2) is 9.86. The summed E-state index contributed by atoms with van der Waals surface area (Å²) < 4.78 is 0. The van der Waals surface area contributed by atoms with Gasteiger partial charge in [0.05, 0.1) is 5.71 Å². The van der Waals surface area contributed by atoms with Crippen molar-refractivity contribution in [3.63, 3.8) is 0 Å². The molecule has 2 amide bonds. The molecule has 0 saturated carbocycles. The Balaban J connectivity index is 1.96. The Morgan fingerprint density at radius 2 is 1.96 bits per heavy atom. The normalized spacial score (nSPS) is 18.0. The smallest absolute Gasteiger partial charge is 0.271 e. The van der Waals surface area contributed by atoms with Crippen molar-refractivity contribution in [3.05, 3.63) is 53.6 Å². The lowest BCUT2D eigenvalue weighted by Gasteiger charge is -2.22. The molecule has 0 radical (unpaired) electrons. The molecule has 1 unspecified atom stereocenters. The molecule has 1 aliphatic carbocycles. The van der Waals surface area contributed by atoms with Crippen LogP contribution < -0.4 is 10.7 Å². The number of benzene rings is 1. The number of hydrazone groups is 1. The van der Waals surface area contributed by atoms with Gasteiger partial charge in [-0.2, -0.15) is 5.10 Å². The highest BCUT2D eigenvalue weighted by Crippen LogP contribution is 2.26. The lowest BCUT2D eigenvalue weighted by Crippen LogP contribution is -2.23. The SMILES string of the molecule is C=C(C)C1CC=C(C)C(=NNC(=O)c2ccc(NC(=O)CCCC)cc2)C1. The molecule has 0 heterocycles. The van der Waals surface area contributed by atoms with E-state index >= 15 is 0 Å². The van der Waals surface area contributed by atoms with Gasteiger partial charge < -0.3 is 5.32 Å². The summed E-state index contributed by atoms with van der Waals surface area (Å²) in [5.41, 5.74) is 6.95. The second-order valence-electron chi connectivity index (χ2n) is 7.10. The first-order chi connectivity index (χ1) is 12.9. The van der Waals surface area contributed by atoms with Gasteiger partial charge in [-0.15, -0.1) is 0 Å². The van der Waals surface area contributed by atoms with Crippen LogP contribution in [0.5, 0.6) is 0 Å². The summed E-state index contributed by atoms with van der Waals surface area (Å²) in [6, 6.07) is 6.83. The third-order valence-corrected chi connectivity index (χ3v) is 4.78. The van der Waals surface area contributed by atoms with Crippen LogP contribution in [0.15, 0.2) is 53.2 Å². The summed E-state index contributed by atoms with van der Waals surface area (Å²) in [5, 5.41) is 7.15. The molecule has 27 heavy (non-hydrogen) atoms. The highest BCUT2D eigenvalue weighted by Gasteiger charge is 2.19. The zero-order chi connectivity index (χ0) is 19.8. The topological polar surface area (TPSA) is 70.6 Å². The summed E-state index contributed by atoms with van der Waals surface area (Å²) in [5.74, 6) is 0.101. The van der Waals surface area contributed by atoms with E-state index in [1.165, 1.54) is 0 Å². The van der Waals surface area contributed by atoms with Gasteiger partial charge in [0.25, 0.3) is 5.91 Å². The Bertz CT molecular complexity index is 760. The van der Waals surface area contributed by atoms with Crippen molar-refractivity contribution in [2.75, 3.05) is 5.32 Å². The van der Waals surface area contributed by atoms with Crippen LogP contribution in [0.4, 0.5) is 5.69 Å². The van der Waals surface area contributed by atoms with Gasteiger partial charge in [0, 0.05) is 17.7 Å². The summed E-state index contributed by atoms with van der Waals surface area (Å²) in [4.78, 5) is 24.1. The quantitative estimate of drug-likeness (QED) is 0.535. The molecule has 2 rings (SSSR count). The molecule has 0 bridgehead atoms. The van der Waals surface area contributed by atoms with Gasteiger partial charge in [-0.25, -0.2) is 5.43 Å². The fourth-order valence-corrected chi connectivity index (χ4v) is 2.87. The molecular weight excluding hydrogens is 338 g/mol. The lowest BCUT2D eigenvalue weighted by atomic mass is 9.85. The molecular formula is C22H29N3O2. The van der Waals surface area contributed by atoms with E-state index in [1.54, 1.807) is 24.3 Å². The predicted molar refractivity (Wildman–Crippen MR) is 111 cm³/mol. The Morgan fingerprint density at radius 1 is 1.26 bits per heavy atom. The first-order valence-corrected chi connectivity index (χ1v) is 9.50. The minimum Gasteiger partial charge on any atom is -0.326 e. The molecule has 2 N–H and O–H groups in total. The number of anilines is 1. The second-order valence-corrected chi connectivity index (χ2v) is 7.10. The molecule has 1 aromatic rings. The van der Waals surface area contributed by atoms with E-state index in [9.17, 15) is 9.59 Å². The molecule has 144 valence electrons. The van der Waals surface area contributed by atoms with Gasteiger partial charge in [0.15, 0.2) is 0 Å². The van der Waals surface area contributed by atoms with Gasteiger partial charge in [0.1, 0.15) is 0 Å². The number of amides is 2. The van der Waals surface area contributed by atoms with Crippen molar-refractivity contribution in [1.82, 2.24) is 5.43 Å². The fourth-order valence-electron chi connectivity index (χ4n) is 2.87. The molecule has 0 saturated heterocycles. The molecule has 0 fully saturated rings. The van der Waals surface area contributed by atoms with Gasteiger partial charge in [-0.05, 0) is 68.9 Å². The fraction of sp³-hybridized carbons (Fsp3) is 0.409. The number of carbonyl (C=O) groups is 2. The maximum atomic E-state index is 12.3. The predicted octanol–water partition coefficient (Wildman–Crippen LogP) is 4.83. The molecule has 1 aromatic carbocycles. The van der Waals surface area contributed by atoms with Crippen LogP contribution in [0.1, 0.15) is 63.2 Å². The van der Waals surface area contributed by atoms with Gasteiger partial charge in [0.2, 0.25) is 5.91 Å². The summed E-state index contributed by atoms with van der Waals surface area (Å²) in [6.45, 7) is 10.1. The molecule has 5 heteroatoms. The monoisotopic (exact) mass is 367 g/mol. The largest absolute Gasteiger partial charge is 0.326 e. The van der Waals surface area contributed by atoms with E-state index in [2.05, 4.69) is 28.5 Å². The minimum atomic E-state index is -0.267. The first kappa shape index (κ1) is 20.6. The summed E-state index contributed by atoms with van der Waals surface area (Å²) in [6.07, 6.45) is 6.27. The van der Waals surface area contributed by atoms with E-state index < -0.39 is 0 Å². The Kier molecular flexibility index (Phi) is 7.53. The summed E-state index contributed by atoms with van der Waals surface area (Å²) >= 11 is 0. The highest BCUT2D eigenvalue weighted by molar-refractivity contribution is 6.02. The lowest BCUT2D eigenvalue weighted by molar-refractivity contribution is -0.116. The molecule has 0 spiro atoms. The molecule has 0 aromatic heterocycles. The van der Waals surface area contributed by atoms with Crippen molar-refractivity contribution in [2.24, 2.45) is 11.0 Å². The van der Waals surface area contributed by atoms with Gasteiger partial charge in [-0.1, -0.05) is 31.6 Å². The van der Waals surface area contributed by atoms with Crippen molar-refractivity contribution in [3.8, 4) is 0 Å². The van der Waals surface area contributed by atoms with E-state index in [0.717, 1.165) is 42.5 Å². The molecule has 5 nitrogen and oxygen atoms in total. The van der Waals surface area contributed by atoms with Crippen molar-refractivity contribution in [2.45, 2.75) is 52.9 Å². The average molecular weight is 367 g/mol. The first-order valence-electron chi connectivity index (χ1n) is 9.50. The number of allylic oxidation sites excluding steroid dienone is 3. The van der Waals surface area contributed by atoms with Crippen molar-refractivity contribution in [1.29, 1.82) is 0 Å². The van der Waals surface area contributed by atoms with E-state index in [-0.39, 0.29) is 11.8 Å². The van der Waals surface area contributed by atoms with Crippen LogP contribution in [0.3, 0.4) is 0 Å². The standard InChI is InChI=1S/C22H29N3O2/c1-5-6-7-21(26)23-19-12-10-17(11-13-19)22(27)25-24-20-14-18(15(2)3)9-8-16(20)4/h8,10-13,18H,2,5-7,9,14H2,1,3-4H3,(H,23,26)(H,25,27). The molecule has 0 aliphatic heterocycles. The van der Waals surface area contributed by atoms with Gasteiger partial charge in [-0.3, -0.25) is 9.59 Å². The zero-order valence-electron chi connectivity index (χ0n) is 16.5. The molecule has 1 atom stereocenters. The van der Waals surface area contributed by atoms with Crippen LogP contribution in [0.25, 0.3) is 0 Å². The molecule has 1 aliphatic rings. The maximum Gasteiger partial charge on any atom is 0.271 e. The third kappa shape index (κ3) is 6.20. The van der Waals surface area contributed by atoms with Crippen LogP contribution in [0.2, 0.25) is 0 Å². The van der Waals surface area contributed by atoms with Crippen LogP contribution in [-0.4, -0.2) is 17.5 Å². The van der Waals surface area contributed by atoms with Crippen LogP contribution in [-0.2, 0) is 4.79 Å². The number of nitrogens with one attached hydrogen (secondary N) is 2. The number of carbonyl (C=O) groups excluding carboxylic acids is 2. The van der Waals surface area contributed by atoms with Gasteiger partial charge >= 0.3 is 0 Å². The number of hydrogen-bond donors (Lipinski definition) is 2. The van der Waals surface area contributed by atoms with Crippen molar-refractivity contribution >= 4 is 23.2 Å². The van der Waals surface area contributed by atoms with Crippen LogP contribution >= 0.6 is 0 Å². The number of nitrogens with zero attached hydrogens (tertiary/aromatic N) is 1. The summed E-state index contributed by atoms with van der Waals surface area (Å²) in [7, 11) is 0. The van der Waals surface area contributed by atoms with Crippen LogP contribution in [0, 0.1) is 5.92 Å². The number of hydrogen-bond acceptors (Lipinski definition) is 3. The van der Waals surface area contributed by atoms with E-state index in [1.807, 2.05) is 20.8 Å². The zero-order valence-corrected chi connectivity index (χ0v) is 16.5. The average Bonchev–Trinajstić information content (AvgIpc) is 2.65. The Hall–Kier alpha value is -2.69. The maximum absolute atomic E-state index is 12.3. The van der Waals surface area contributed by atoms with E-state index in [4.69, 9.17) is 0 Å². The number of rotatable bonds is 7.